The van der Waals surface area contributed by atoms with Crippen molar-refractivity contribution in [2.45, 2.75) is 45.6 Å². The van der Waals surface area contributed by atoms with E-state index < -0.39 is 29.9 Å². The molecule has 124 valence electrons. The molecule has 0 spiro atoms. The van der Waals surface area contributed by atoms with Crippen LogP contribution >= 0.6 is 7.49 Å². The van der Waals surface area contributed by atoms with E-state index in [1.54, 1.807) is 39.2 Å². The van der Waals surface area contributed by atoms with Gasteiger partial charge in [-0.2, -0.15) is 0 Å². The van der Waals surface area contributed by atoms with Crippen LogP contribution in [0.4, 0.5) is 0 Å². The van der Waals surface area contributed by atoms with Crippen molar-refractivity contribution < 1.29 is 24.3 Å². The maximum absolute atomic E-state index is 11.7. The molecule has 2 rings (SSSR count). The summed E-state index contributed by atoms with van der Waals surface area (Å²) in [4.78, 5) is 23.4. The molecule has 0 radical (unpaired) electrons. The fraction of sp³-hybridized carbons (Fsp3) is 0.562. The summed E-state index contributed by atoms with van der Waals surface area (Å²) >= 11 is 0. The minimum absolute atomic E-state index is 0.510. The van der Waals surface area contributed by atoms with E-state index in [2.05, 4.69) is 0 Å². The first kappa shape index (κ1) is 17.0. The van der Waals surface area contributed by atoms with Gasteiger partial charge in [0, 0.05) is 0 Å². The predicted octanol–water partition coefficient (Wildman–Crippen LogP) is 2.61. The van der Waals surface area contributed by atoms with E-state index in [4.69, 9.17) is 9.47 Å². The number of aliphatic carboxylic acids is 1. The first-order valence-electron chi connectivity index (χ1n) is 7.27. The molecule has 6 heteroatoms. The van der Waals surface area contributed by atoms with Gasteiger partial charge in [-0.05, 0) is 0 Å². The number of hydrogen-bond acceptors (Lipinski definition) is 4. The average molecular weight is 328 g/mol. The predicted molar refractivity (Wildman–Crippen MR) is 88.7 cm³/mol. The van der Waals surface area contributed by atoms with E-state index in [1.165, 1.54) is 0 Å². The van der Waals surface area contributed by atoms with Crippen LogP contribution in [0.1, 0.15) is 34.6 Å². The molecular weight excluding hydrogens is 303 g/mol. The van der Waals surface area contributed by atoms with E-state index in [-0.39, 0.29) is 0 Å². The summed E-state index contributed by atoms with van der Waals surface area (Å²) in [6, 6.07) is 5.33. The molecule has 5 nitrogen and oxygen atoms in total. The summed E-state index contributed by atoms with van der Waals surface area (Å²) in [5.41, 5.74) is -1.21. The third-order valence-electron chi connectivity index (χ3n) is 4.56. The van der Waals surface area contributed by atoms with Crippen LogP contribution in [0.3, 0.4) is 0 Å². The van der Waals surface area contributed by atoms with Gasteiger partial charge < -0.3 is 0 Å². The van der Waals surface area contributed by atoms with Gasteiger partial charge in [0.05, 0.1) is 0 Å². The first-order chi connectivity index (χ1) is 9.97. The van der Waals surface area contributed by atoms with Gasteiger partial charge in [0.1, 0.15) is 0 Å². The maximum atomic E-state index is 11.7. The monoisotopic (exact) mass is 328 g/mol. The van der Waals surface area contributed by atoms with Gasteiger partial charge in [0.2, 0.25) is 0 Å². The fourth-order valence-electron chi connectivity index (χ4n) is 3.05. The van der Waals surface area contributed by atoms with Crippen LogP contribution in [0.15, 0.2) is 18.2 Å². The zero-order chi connectivity index (χ0) is 16.9. The molecule has 2 N–H and O–H groups in total. The molecule has 1 aromatic rings. The first-order valence-corrected chi connectivity index (χ1v) is 9.30. The van der Waals surface area contributed by atoms with Crippen molar-refractivity contribution in [1.29, 1.82) is 0 Å². The third-order valence-corrected chi connectivity index (χ3v) is 9.70. The number of rotatable bonds is 3. The molecule has 1 unspecified atom stereocenters. The fourth-order valence-corrected chi connectivity index (χ4v) is 7.39. The van der Waals surface area contributed by atoms with E-state index >= 15 is 0 Å². The zero-order valence-electron chi connectivity index (χ0n) is 13.9. The molecule has 1 aliphatic heterocycles. The van der Waals surface area contributed by atoms with Crippen molar-refractivity contribution in [3.63, 3.8) is 0 Å². The summed E-state index contributed by atoms with van der Waals surface area (Å²) in [6.07, 6.45) is 0. The Labute approximate surface area is 131 Å². The molecule has 0 saturated carbocycles. The zero-order valence-corrected chi connectivity index (χ0v) is 14.9. The Morgan fingerprint density at radius 1 is 1.27 bits per heavy atom. The number of hydrogen-bond donors (Lipinski definition) is 2. The topological polar surface area (TPSA) is 76.0 Å². The summed E-state index contributed by atoms with van der Waals surface area (Å²) < 4.78 is 11.4. The van der Waals surface area contributed by atoms with E-state index in [0.29, 0.717) is 16.8 Å². The number of methoxy groups -OCH3 is 1. The van der Waals surface area contributed by atoms with Gasteiger partial charge in [-0.25, -0.2) is 0 Å². The van der Waals surface area contributed by atoms with Crippen LogP contribution in [-0.4, -0.2) is 34.1 Å². The van der Waals surface area contributed by atoms with Gasteiger partial charge >= 0.3 is 131 Å². The average Bonchev–Trinajstić information content (AvgIpc) is 2.73. The molecule has 1 atom stereocenters. The van der Waals surface area contributed by atoms with Crippen LogP contribution in [0, 0.1) is 5.41 Å². The van der Waals surface area contributed by atoms with Crippen molar-refractivity contribution in [2.75, 3.05) is 7.11 Å². The normalized spacial score (nSPS) is 21.7. The molecule has 0 aliphatic carbocycles. The van der Waals surface area contributed by atoms with Crippen LogP contribution in [0.25, 0.3) is 0 Å². The number of ether oxygens (including phenoxy) is 2. The van der Waals surface area contributed by atoms with Crippen LogP contribution in [-0.2, 0) is 4.79 Å². The van der Waals surface area contributed by atoms with Crippen molar-refractivity contribution in [2.24, 2.45) is 5.41 Å². The second kappa shape index (κ2) is 5.10. The van der Waals surface area contributed by atoms with E-state index in [1.807, 2.05) is 20.8 Å². The SMILES string of the molecule is COc1cccc2c1[PH](O)(C(C)(C)C)C(C(C)(C)C(=O)O)O2. The van der Waals surface area contributed by atoms with E-state index in [9.17, 15) is 14.8 Å². The second-order valence-electron chi connectivity index (χ2n) is 7.37. The van der Waals surface area contributed by atoms with Crippen molar-refractivity contribution >= 4 is 18.8 Å². The van der Waals surface area contributed by atoms with Gasteiger partial charge in [-0.3, -0.25) is 0 Å². The van der Waals surface area contributed by atoms with E-state index in [0.717, 1.165) is 0 Å². The Morgan fingerprint density at radius 2 is 1.86 bits per heavy atom. The Morgan fingerprint density at radius 3 is 2.32 bits per heavy atom. The summed E-state index contributed by atoms with van der Waals surface area (Å²) in [5.74, 6) is -0.684. The van der Waals surface area contributed by atoms with Crippen LogP contribution < -0.4 is 14.8 Å². The summed E-state index contributed by atoms with van der Waals surface area (Å²) in [6.45, 7) is 8.98. The number of benzene rings is 1. The number of fused-ring (bicyclic) bond motifs is 1. The molecule has 0 saturated heterocycles. The Bertz CT molecular complexity index is 605. The third kappa shape index (κ3) is 2.19. The van der Waals surface area contributed by atoms with Crippen molar-refractivity contribution in [3.8, 4) is 11.5 Å². The summed E-state index contributed by atoms with van der Waals surface area (Å²) in [7, 11) is -1.79. The molecule has 1 heterocycles. The van der Waals surface area contributed by atoms with Gasteiger partial charge in [-0.1, -0.05) is 0 Å². The quantitative estimate of drug-likeness (QED) is 0.834. The Hall–Kier alpha value is -1.32. The van der Waals surface area contributed by atoms with Crippen LogP contribution in [0.5, 0.6) is 11.5 Å². The van der Waals surface area contributed by atoms with Gasteiger partial charge in [-0.15, -0.1) is 0 Å². The molecule has 0 amide bonds. The molecule has 0 aromatic heterocycles. The molecule has 0 fully saturated rings. The van der Waals surface area contributed by atoms with Crippen molar-refractivity contribution in [3.05, 3.63) is 18.2 Å². The number of carboxylic acids is 1. The number of carboxylic acid groups (broad SMARTS) is 1. The molecule has 22 heavy (non-hydrogen) atoms. The Balaban J connectivity index is 2.74. The standard InChI is InChI=1S/C16H25O5P/c1-15(2,3)22(19)12-10(20-6)8-7-9-11(12)21-14(22)16(4,5)13(17)18/h7-9,14,19,22H,1-6H3,(H,17,18). The minimum atomic E-state index is -3.33. The second-order valence-corrected chi connectivity index (χ2v) is 11.4. The van der Waals surface area contributed by atoms with Gasteiger partial charge in [0.25, 0.3) is 0 Å². The molecule has 0 bridgehead atoms. The van der Waals surface area contributed by atoms with Crippen LogP contribution in [0.2, 0.25) is 0 Å². The number of carbonyl (C=O) groups is 1. The van der Waals surface area contributed by atoms with Gasteiger partial charge in [0.15, 0.2) is 0 Å². The Kier molecular flexibility index (Phi) is 3.95. The molecular formula is C16H25O5P. The summed E-state index contributed by atoms with van der Waals surface area (Å²) in [5, 5.41) is 9.75. The molecule has 1 aliphatic rings. The molecule has 1 aromatic carbocycles. The van der Waals surface area contributed by atoms with Crippen molar-refractivity contribution in [1.82, 2.24) is 0 Å².